The van der Waals surface area contributed by atoms with E-state index in [1.54, 1.807) is 0 Å². The Morgan fingerprint density at radius 1 is 0.750 bits per heavy atom. The maximum Gasteiger partial charge on any atom is 0.257 e. The van der Waals surface area contributed by atoms with Crippen LogP contribution in [0.25, 0.3) is 5.52 Å². The molecular weight excluding hydrogens is 563 g/mol. The number of carboxylic acid groups (broad SMARTS) is 2. The second-order valence-electron chi connectivity index (χ2n) is 11.6. The number of nitrogens with zero attached hydrogens (tertiary/aromatic N) is 3. The van der Waals surface area contributed by atoms with Gasteiger partial charge < -0.3 is 24.2 Å². The highest BCUT2D eigenvalue weighted by Gasteiger charge is 2.26. The average molecular weight is 616 g/mol. The molecule has 40 heavy (non-hydrogen) atoms. The molecule has 7 nitrogen and oxygen atoms in total. The lowest BCUT2D eigenvalue weighted by Crippen LogP contribution is -2.58. The highest BCUT2D eigenvalue weighted by Crippen LogP contribution is 2.47. The molecule has 0 atom stereocenters. The Morgan fingerprint density at radius 3 is 1.40 bits per heavy atom. The van der Waals surface area contributed by atoms with E-state index in [4.69, 9.17) is 12.6 Å². The molecule has 0 spiro atoms. The zero-order chi connectivity index (χ0) is 31.5. The quantitative estimate of drug-likeness (QED) is 0.210. The average Bonchev–Trinajstić information content (AvgIpc) is 3.11. The molecule has 0 fully saturated rings. The fourth-order valence-electron chi connectivity index (χ4n) is 4.04. The second kappa shape index (κ2) is 16.3. The minimum atomic E-state index is -0.965. The van der Waals surface area contributed by atoms with Gasteiger partial charge in [-0.2, -0.15) is 0 Å². The normalized spacial score (nSPS) is 12.3. The molecule has 0 radical (unpaired) electrons. The highest BCUT2D eigenvalue weighted by molar-refractivity contribution is 8.03. The minimum Gasteiger partial charge on any atom is -0.498 e. The van der Waals surface area contributed by atoms with E-state index in [-0.39, 0.29) is 18.5 Å². The predicted octanol–water partition coefficient (Wildman–Crippen LogP) is 6.42. The van der Waals surface area contributed by atoms with Gasteiger partial charge >= 0.3 is 0 Å². The molecule has 10 heteroatoms. The van der Waals surface area contributed by atoms with E-state index in [0.29, 0.717) is 39.3 Å². The topological polar surface area (TPSA) is 84.7 Å². The largest absolute Gasteiger partial charge is 0.498 e. The summed E-state index contributed by atoms with van der Waals surface area (Å²) in [7, 11) is 0. The SMILES string of the molecule is CC(C)(C)Sc1c(S)c2ccccn2c1SC(C)(C)C.CC[N+](CC)(CC)C(=O)[O-].CC[N+](CC)(CC)C(=O)[O-]. The molecule has 2 amide bonds. The first-order valence-corrected chi connectivity index (χ1v) is 16.3. The Morgan fingerprint density at radius 2 is 1.12 bits per heavy atom. The first-order chi connectivity index (χ1) is 18.3. The van der Waals surface area contributed by atoms with Crippen molar-refractivity contribution in [1.29, 1.82) is 0 Å². The van der Waals surface area contributed by atoms with E-state index in [1.807, 2.05) is 65.1 Å². The van der Waals surface area contributed by atoms with Crippen molar-refractivity contribution in [3.05, 3.63) is 24.4 Å². The van der Waals surface area contributed by atoms with Gasteiger partial charge in [-0.3, -0.25) is 8.97 Å². The van der Waals surface area contributed by atoms with Crippen molar-refractivity contribution < 1.29 is 28.8 Å². The molecule has 230 valence electrons. The van der Waals surface area contributed by atoms with Crippen LogP contribution in [0, 0.1) is 0 Å². The van der Waals surface area contributed by atoms with Gasteiger partial charge in [-0.05, 0) is 53.7 Å². The zero-order valence-electron chi connectivity index (χ0n) is 26.8. The van der Waals surface area contributed by atoms with Crippen molar-refractivity contribution in [3.63, 3.8) is 0 Å². The number of carbonyl (C=O) groups is 2. The number of aromatic nitrogens is 1. The van der Waals surface area contributed by atoms with Crippen molar-refractivity contribution in [1.82, 2.24) is 4.40 Å². The fraction of sp³-hybridized carbons (Fsp3) is 0.667. The summed E-state index contributed by atoms with van der Waals surface area (Å²) < 4.78 is 2.76. The molecule has 0 unspecified atom stereocenters. The summed E-state index contributed by atoms with van der Waals surface area (Å²) in [6.07, 6.45) is 0.204. The maximum atomic E-state index is 10.6. The molecular formula is C30H53N3O4S3. The predicted molar refractivity (Wildman–Crippen MR) is 170 cm³/mol. The van der Waals surface area contributed by atoms with Crippen LogP contribution in [0.3, 0.4) is 0 Å². The van der Waals surface area contributed by atoms with Crippen molar-refractivity contribution in [2.24, 2.45) is 0 Å². The number of quaternary nitrogens is 2. The Bertz CT molecular complexity index is 1030. The summed E-state index contributed by atoms with van der Waals surface area (Å²) in [6, 6.07) is 6.30. The Hall–Kier alpha value is -1.33. The molecule has 0 aliphatic rings. The van der Waals surface area contributed by atoms with Crippen LogP contribution in [-0.4, -0.2) is 74.3 Å². The number of rotatable bonds is 8. The molecule has 0 aliphatic heterocycles. The number of hydrogen-bond donors (Lipinski definition) is 1. The van der Waals surface area contributed by atoms with Gasteiger partial charge in [0, 0.05) is 20.6 Å². The van der Waals surface area contributed by atoms with Gasteiger partial charge in [0.15, 0.2) is 0 Å². The summed E-state index contributed by atoms with van der Waals surface area (Å²) in [5, 5.41) is 22.5. The Kier molecular flexibility index (Phi) is 15.8. The lowest BCUT2D eigenvalue weighted by atomic mass is 10.3. The number of pyridine rings is 1. The zero-order valence-corrected chi connectivity index (χ0v) is 29.3. The Balaban J connectivity index is 0.000000643. The molecule has 0 bridgehead atoms. The van der Waals surface area contributed by atoms with Gasteiger partial charge in [-0.1, -0.05) is 47.6 Å². The van der Waals surface area contributed by atoms with Crippen LogP contribution < -0.4 is 10.2 Å². The van der Waals surface area contributed by atoms with Crippen molar-refractivity contribution >= 4 is 53.9 Å². The van der Waals surface area contributed by atoms with Gasteiger partial charge in [0.05, 0.1) is 54.7 Å². The molecule has 0 aliphatic carbocycles. The molecule has 0 aromatic carbocycles. The van der Waals surface area contributed by atoms with E-state index in [1.165, 1.54) is 15.4 Å². The van der Waals surface area contributed by atoms with Crippen LogP contribution in [0.5, 0.6) is 0 Å². The number of fused-ring (bicyclic) bond motifs is 1. The number of carbonyl (C=O) groups excluding carboxylic acids is 2. The highest BCUT2D eigenvalue weighted by atomic mass is 32.2. The number of hydrogen-bond acceptors (Lipinski definition) is 7. The number of thioether (sulfide) groups is 2. The number of thiol groups is 1. The van der Waals surface area contributed by atoms with E-state index in [9.17, 15) is 19.8 Å². The molecule has 0 N–H and O–H groups in total. The number of amides is 2. The monoisotopic (exact) mass is 615 g/mol. The van der Waals surface area contributed by atoms with Crippen LogP contribution in [0.15, 0.2) is 39.2 Å². The smallest absolute Gasteiger partial charge is 0.257 e. The summed E-state index contributed by atoms with van der Waals surface area (Å²) in [6.45, 7) is 28.3. The third-order valence-electron chi connectivity index (χ3n) is 6.95. The molecule has 2 aromatic rings. The summed E-state index contributed by atoms with van der Waals surface area (Å²) >= 11 is 8.61. The minimum absolute atomic E-state index is 0.0694. The lowest BCUT2D eigenvalue weighted by Gasteiger charge is -2.34. The second-order valence-corrected chi connectivity index (χ2v) is 15.7. The van der Waals surface area contributed by atoms with Crippen LogP contribution in [0.1, 0.15) is 83.1 Å². The van der Waals surface area contributed by atoms with Gasteiger partial charge in [0.25, 0.3) is 12.2 Å². The first kappa shape index (κ1) is 38.7. The standard InChI is InChI=1S/C16H23NS3.2C7H15NO2/c1-15(2,3)19-13-12(18)11-9-7-8-10-17(11)14(13)20-16(4,5)6;2*1-4-8(5-2,6-3)7(9)10/h7-10,18H,1-6H3;2*4-6H2,1-3H3. The van der Waals surface area contributed by atoms with Crippen LogP contribution in [0.2, 0.25) is 0 Å². The molecule has 0 saturated heterocycles. The van der Waals surface area contributed by atoms with Crippen LogP contribution >= 0.6 is 36.2 Å². The molecule has 0 saturated carbocycles. The van der Waals surface area contributed by atoms with Gasteiger partial charge in [0.2, 0.25) is 0 Å². The third-order valence-corrected chi connectivity index (χ3v) is 10.1. The lowest BCUT2D eigenvalue weighted by molar-refractivity contribution is -0.871. The third kappa shape index (κ3) is 10.8. The van der Waals surface area contributed by atoms with Crippen molar-refractivity contribution in [2.75, 3.05) is 39.3 Å². The van der Waals surface area contributed by atoms with Gasteiger partial charge in [0.1, 0.15) is 0 Å². The molecule has 2 rings (SSSR count). The van der Waals surface area contributed by atoms with Crippen LogP contribution in [0.4, 0.5) is 9.59 Å². The summed E-state index contributed by atoms with van der Waals surface area (Å²) in [5.74, 6) is 0. The first-order valence-electron chi connectivity index (χ1n) is 14.2. The van der Waals surface area contributed by atoms with E-state index in [2.05, 4.69) is 70.3 Å². The van der Waals surface area contributed by atoms with Gasteiger partial charge in [-0.25, -0.2) is 0 Å². The molecule has 2 aromatic heterocycles. The summed E-state index contributed by atoms with van der Waals surface area (Å²) in [5.41, 5.74) is 1.19. The summed E-state index contributed by atoms with van der Waals surface area (Å²) in [4.78, 5) is 23.5. The van der Waals surface area contributed by atoms with E-state index >= 15 is 0 Å². The Labute approximate surface area is 257 Å². The van der Waals surface area contributed by atoms with Gasteiger partial charge in [-0.15, -0.1) is 36.2 Å². The van der Waals surface area contributed by atoms with Crippen molar-refractivity contribution in [2.45, 2.75) is 107 Å². The van der Waals surface area contributed by atoms with Crippen molar-refractivity contribution in [3.8, 4) is 0 Å². The van der Waals surface area contributed by atoms with E-state index in [0.717, 1.165) is 4.90 Å². The van der Waals surface area contributed by atoms with E-state index < -0.39 is 12.2 Å². The fourth-order valence-corrected chi connectivity index (χ4v) is 6.82. The maximum absolute atomic E-state index is 10.6. The molecule has 2 heterocycles. The van der Waals surface area contributed by atoms with Crippen LogP contribution in [-0.2, 0) is 0 Å².